The largest absolute Gasteiger partial charge is 0.434 e. The van der Waals surface area contributed by atoms with Gasteiger partial charge in [0.15, 0.2) is 5.69 Å². The Morgan fingerprint density at radius 2 is 1.78 bits per heavy atom. The first-order chi connectivity index (χ1) is 26.3. The number of hydrogen-bond donors (Lipinski definition) is 2. The lowest BCUT2D eigenvalue weighted by atomic mass is 9.84. The summed E-state index contributed by atoms with van der Waals surface area (Å²) in [4.78, 5) is 59.2. The van der Waals surface area contributed by atoms with E-state index >= 15 is 4.39 Å². The van der Waals surface area contributed by atoms with Gasteiger partial charge in [-0.1, -0.05) is 6.07 Å². The molecule has 1 aliphatic carbocycles. The van der Waals surface area contributed by atoms with E-state index in [9.17, 15) is 32.3 Å². The van der Waals surface area contributed by atoms with Crippen LogP contribution in [0.15, 0.2) is 59.8 Å². The quantitative estimate of drug-likeness (QED) is 0.168. The number of hydrogen-bond acceptors (Lipinski definition) is 8. The van der Waals surface area contributed by atoms with Crippen LogP contribution in [-0.4, -0.2) is 77.3 Å². The van der Waals surface area contributed by atoms with Gasteiger partial charge in [-0.3, -0.25) is 38.5 Å². The van der Waals surface area contributed by atoms with Crippen LogP contribution in [0, 0.1) is 5.92 Å². The van der Waals surface area contributed by atoms with Gasteiger partial charge in [-0.25, -0.2) is 14.2 Å². The van der Waals surface area contributed by atoms with Crippen LogP contribution in [0.4, 0.5) is 23.2 Å². The SMILES string of the molecule is Cn1c(=O)n(C2CCC(=O)NC2=O)c2ccc([C@H]3CCN(CC4CCC(n5cc6cc(NC(=O)c7cncc(C(F)(F)F)n7)ccc6n5)CC4)C[C@@H]3F)cc21. The number of carbonyl (C=O) groups excluding carboxylic acids is 3. The number of imide groups is 1. The zero-order chi connectivity index (χ0) is 38.6. The van der Waals surface area contributed by atoms with Crippen LogP contribution in [0.2, 0.25) is 0 Å². The van der Waals surface area contributed by atoms with E-state index in [1.165, 1.54) is 9.13 Å². The topological polar surface area (TPSA) is 149 Å². The number of nitrogens with one attached hydrogen (secondary N) is 2. The highest BCUT2D eigenvalue weighted by atomic mass is 19.4. The molecule has 5 heterocycles. The van der Waals surface area contributed by atoms with Crippen LogP contribution in [0.25, 0.3) is 21.9 Å². The number of alkyl halides is 4. The van der Waals surface area contributed by atoms with Crippen LogP contribution in [0.1, 0.15) is 84.7 Å². The predicted molar refractivity (Wildman–Crippen MR) is 193 cm³/mol. The molecule has 8 rings (SSSR count). The minimum absolute atomic E-state index is 0.158. The third kappa shape index (κ3) is 7.24. The molecule has 2 aromatic carbocycles. The lowest BCUT2D eigenvalue weighted by Crippen LogP contribution is -2.44. The Hall–Kier alpha value is -5.45. The number of halogens is 4. The standard InChI is InChI=1S/C38H39F4N9O4/c1-48-32-15-22(4-9-30(32)51(37(48)55)31-10-11-34(52)46-36(31)54)26-12-13-49(20-27(26)39)18-21-2-6-25(7-3-21)50-19-23-14-24(5-8-28(23)47-50)44-35(53)29-16-43-17-33(45-29)38(40,41)42/h4-5,8-9,14-17,19,21,25-27,31H,2-3,6-7,10-13,18,20H2,1H3,(H,44,53)(H,46,52,54)/t21?,25?,26-,27+,31?/m1/s1. The van der Waals surface area contributed by atoms with E-state index in [-0.39, 0.29) is 36.4 Å². The lowest BCUT2D eigenvalue weighted by molar-refractivity contribution is -0.141. The number of anilines is 1. The number of fused-ring (bicyclic) bond motifs is 2. The Labute approximate surface area is 311 Å². The predicted octanol–water partition coefficient (Wildman–Crippen LogP) is 5.29. The molecule has 0 radical (unpaired) electrons. The molecule has 3 aliphatic rings. The fraction of sp³-hybridized carbons (Fsp3) is 0.447. The summed E-state index contributed by atoms with van der Waals surface area (Å²) in [6.45, 7) is 1.88. The molecule has 1 saturated carbocycles. The average Bonchev–Trinajstić information content (AvgIpc) is 3.69. The van der Waals surface area contributed by atoms with Crippen LogP contribution < -0.4 is 16.3 Å². The maximum absolute atomic E-state index is 15.8. The molecule has 17 heteroatoms. The van der Waals surface area contributed by atoms with E-state index in [1.54, 1.807) is 31.3 Å². The molecule has 3 atom stereocenters. The highest BCUT2D eigenvalue weighted by Crippen LogP contribution is 2.37. The second kappa shape index (κ2) is 14.3. The van der Waals surface area contributed by atoms with E-state index in [2.05, 4.69) is 25.5 Å². The van der Waals surface area contributed by atoms with Crippen molar-refractivity contribution in [3.63, 3.8) is 0 Å². The van der Waals surface area contributed by atoms with Crippen molar-refractivity contribution >= 4 is 45.3 Å². The molecular weight excluding hydrogens is 722 g/mol. The summed E-state index contributed by atoms with van der Waals surface area (Å²) in [6.07, 6.45) is 2.45. The van der Waals surface area contributed by atoms with E-state index in [4.69, 9.17) is 5.10 Å². The molecule has 55 heavy (non-hydrogen) atoms. The molecule has 2 aliphatic heterocycles. The van der Waals surface area contributed by atoms with Crippen LogP contribution in [0.3, 0.4) is 0 Å². The van der Waals surface area contributed by atoms with Gasteiger partial charge in [-0.05, 0) is 86.9 Å². The van der Waals surface area contributed by atoms with Crippen molar-refractivity contribution in [2.45, 2.75) is 75.3 Å². The molecule has 13 nitrogen and oxygen atoms in total. The van der Waals surface area contributed by atoms with Crippen molar-refractivity contribution in [2.24, 2.45) is 13.0 Å². The van der Waals surface area contributed by atoms with Crippen molar-refractivity contribution in [3.8, 4) is 0 Å². The number of carbonyl (C=O) groups is 3. The molecule has 2 saturated heterocycles. The van der Waals surface area contributed by atoms with Gasteiger partial charge in [0.05, 0.1) is 35.0 Å². The molecule has 5 aromatic rings. The summed E-state index contributed by atoms with van der Waals surface area (Å²) in [5.74, 6) is -1.55. The van der Waals surface area contributed by atoms with E-state index in [1.807, 2.05) is 23.0 Å². The molecule has 2 N–H and O–H groups in total. The summed E-state index contributed by atoms with van der Waals surface area (Å²) >= 11 is 0. The van der Waals surface area contributed by atoms with Gasteiger partial charge in [0, 0.05) is 49.7 Å². The normalized spacial score (nSPS) is 24.0. The zero-order valence-corrected chi connectivity index (χ0v) is 29.9. The van der Waals surface area contributed by atoms with Crippen molar-refractivity contribution in [1.29, 1.82) is 0 Å². The van der Waals surface area contributed by atoms with Crippen molar-refractivity contribution in [3.05, 3.63) is 82.4 Å². The summed E-state index contributed by atoms with van der Waals surface area (Å²) in [7, 11) is 1.64. The minimum atomic E-state index is -4.72. The Morgan fingerprint density at radius 3 is 2.53 bits per heavy atom. The minimum Gasteiger partial charge on any atom is -0.321 e. The van der Waals surface area contributed by atoms with Gasteiger partial charge in [0.2, 0.25) is 11.8 Å². The first-order valence-electron chi connectivity index (χ1n) is 18.4. The number of aromatic nitrogens is 6. The van der Waals surface area contributed by atoms with E-state index < -0.39 is 41.6 Å². The monoisotopic (exact) mass is 761 g/mol. The van der Waals surface area contributed by atoms with Gasteiger partial charge >= 0.3 is 11.9 Å². The third-order valence-corrected chi connectivity index (χ3v) is 11.3. The van der Waals surface area contributed by atoms with Gasteiger partial charge in [0.25, 0.3) is 5.91 Å². The van der Waals surface area contributed by atoms with Crippen molar-refractivity contribution in [2.75, 3.05) is 25.0 Å². The summed E-state index contributed by atoms with van der Waals surface area (Å²) < 4.78 is 59.8. The van der Waals surface area contributed by atoms with Crippen LogP contribution >= 0.6 is 0 Å². The molecule has 288 valence electrons. The van der Waals surface area contributed by atoms with Gasteiger partial charge < -0.3 is 10.2 Å². The molecule has 0 bridgehead atoms. The fourth-order valence-corrected chi connectivity index (χ4v) is 8.42. The maximum atomic E-state index is 15.8. The third-order valence-electron chi connectivity index (χ3n) is 11.3. The summed E-state index contributed by atoms with van der Waals surface area (Å²) in [5.41, 5.74) is 1.11. The fourth-order valence-electron chi connectivity index (χ4n) is 8.42. The summed E-state index contributed by atoms with van der Waals surface area (Å²) in [6, 6.07) is 10.0. The van der Waals surface area contributed by atoms with Crippen LogP contribution in [-0.2, 0) is 22.8 Å². The Morgan fingerprint density at radius 1 is 0.982 bits per heavy atom. The molecule has 3 amide bonds. The van der Waals surface area contributed by atoms with Gasteiger partial charge in [0.1, 0.15) is 17.9 Å². The number of likely N-dealkylation sites (tertiary alicyclic amines) is 1. The highest BCUT2D eigenvalue weighted by Gasteiger charge is 2.36. The number of rotatable bonds is 7. The van der Waals surface area contributed by atoms with E-state index in [0.717, 1.165) is 61.4 Å². The number of aryl methyl sites for hydroxylation is 1. The lowest BCUT2D eigenvalue weighted by Gasteiger charge is -2.38. The Kier molecular flexibility index (Phi) is 9.51. The van der Waals surface area contributed by atoms with Gasteiger partial charge in [-0.15, -0.1) is 0 Å². The molecule has 3 aromatic heterocycles. The zero-order valence-electron chi connectivity index (χ0n) is 29.9. The first-order valence-corrected chi connectivity index (χ1v) is 18.4. The maximum Gasteiger partial charge on any atom is 0.434 e. The van der Waals surface area contributed by atoms with Crippen LogP contribution in [0.5, 0.6) is 0 Å². The first kappa shape index (κ1) is 36.5. The molecule has 0 spiro atoms. The van der Waals surface area contributed by atoms with Crippen molar-refractivity contribution in [1.82, 2.24) is 39.1 Å². The smallest absolute Gasteiger partial charge is 0.321 e. The molecule has 1 unspecified atom stereocenters. The average molecular weight is 762 g/mol. The molecular formula is C38H39F4N9O4. The number of nitrogens with zero attached hydrogens (tertiary/aromatic N) is 7. The second-order valence-electron chi connectivity index (χ2n) is 14.9. The highest BCUT2D eigenvalue weighted by molar-refractivity contribution is 6.03. The van der Waals surface area contributed by atoms with Crippen molar-refractivity contribution < 1.29 is 31.9 Å². The number of piperidine rings is 2. The number of amides is 3. The van der Waals surface area contributed by atoms with E-state index in [0.29, 0.717) is 41.8 Å². The number of benzene rings is 2. The van der Waals surface area contributed by atoms with Gasteiger partial charge in [-0.2, -0.15) is 18.3 Å². The number of imidazole rings is 1. The summed E-state index contributed by atoms with van der Waals surface area (Å²) in [5, 5.41) is 10.4. The Bertz CT molecular complexity index is 2360. The molecule has 3 fully saturated rings. The second-order valence-corrected chi connectivity index (χ2v) is 14.9. The Balaban J connectivity index is 0.853.